The van der Waals surface area contributed by atoms with Gasteiger partial charge >= 0.3 is 0 Å². The number of carbonyl (C=O) groups is 1. The van der Waals surface area contributed by atoms with E-state index in [1.54, 1.807) is 19.2 Å². The molecule has 0 bridgehead atoms. The molecule has 1 amide bonds. The third kappa shape index (κ3) is 4.67. The molecule has 0 atom stereocenters. The van der Waals surface area contributed by atoms with Crippen LogP contribution in [0.15, 0.2) is 18.2 Å². The summed E-state index contributed by atoms with van der Waals surface area (Å²) in [5.41, 5.74) is 0.887. The molecule has 0 saturated carbocycles. The van der Waals surface area contributed by atoms with Crippen LogP contribution in [-0.2, 0) is 11.3 Å². The van der Waals surface area contributed by atoms with E-state index in [0.29, 0.717) is 12.3 Å². The molecule has 1 fully saturated rings. The SMILES string of the molecule is CNC(=O)C1CCN(Cc2cc([N+](=O)[O-])ccc2OC(C)C)CC1. The highest BCUT2D eigenvalue weighted by molar-refractivity contribution is 5.78. The number of carbonyl (C=O) groups excluding carboxylic acids is 1. The van der Waals surface area contributed by atoms with Gasteiger partial charge in [-0.15, -0.1) is 0 Å². The van der Waals surface area contributed by atoms with Gasteiger partial charge in [-0.2, -0.15) is 0 Å². The van der Waals surface area contributed by atoms with Gasteiger partial charge in [0, 0.05) is 37.2 Å². The van der Waals surface area contributed by atoms with Gasteiger partial charge in [-0.1, -0.05) is 0 Å². The van der Waals surface area contributed by atoms with Crippen LogP contribution in [0.2, 0.25) is 0 Å². The number of non-ortho nitro benzene ring substituents is 1. The lowest BCUT2D eigenvalue weighted by Gasteiger charge is -2.31. The number of nitro benzene ring substituents is 1. The van der Waals surface area contributed by atoms with E-state index in [2.05, 4.69) is 10.2 Å². The zero-order valence-corrected chi connectivity index (χ0v) is 14.4. The van der Waals surface area contributed by atoms with Gasteiger partial charge in [0.25, 0.3) is 5.69 Å². The second kappa shape index (κ2) is 8.10. The molecule has 24 heavy (non-hydrogen) atoms. The first-order valence-corrected chi connectivity index (χ1v) is 8.28. The molecule has 1 N–H and O–H groups in total. The summed E-state index contributed by atoms with van der Waals surface area (Å²) in [6.07, 6.45) is 1.61. The summed E-state index contributed by atoms with van der Waals surface area (Å²) < 4.78 is 5.78. The number of ether oxygens (including phenoxy) is 1. The van der Waals surface area contributed by atoms with Crippen molar-refractivity contribution < 1.29 is 14.5 Å². The van der Waals surface area contributed by atoms with E-state index in [1.165, 1.54) is 6.07 Å². The minimum absolute atomic E-state index is 0.00388. The number of hydrogen-bond donors (Lipinski definition) is 1. The molecule has 1 heterocycles. The van der Waals surface area contributed by atoms with Crippen molar-refractivity contribution in [2.75, 3.05) is 20.1 Å². The summed E-state index contributed by atoms with van der Waals surface area (Å²) in [5.74, 6) is 0.834. The second-order valence-electron chi connectivity index (χ2n) is 6.38. The molecule has 0 radical (unpaired) electrons. The van der Waals surface area contributed by atoms with E-state index >= 15 is 0 Å². The summed E-state index contributed by atoms with van der Waals surface area (Å²) >= 11 is 0. The molecule has 0 aliphatic carbocycles. The molecule has 2 rings (SSSR count). The summed E-state index contributed by atoms with van der Waals surface area (Å²) in [6.45, 7) is 6.04. The first kappa shape index (κ1) is 18.2. The van der Waals surface area contributed by atoms with E-state index in [-0.39, 0.29) is 28.5 Å². The number of nitrogens with one attached hydrogen (secondary N) is 1. The molecule has 1 aliphatic rings. The smallest absolute Gasteiger partial charge is 0.270 e. The summed E-state index contributed by atoms with van der Waals surface area (Å²) in [4.78, 5) is 24.6. The zero-order valence-electron chi connectivity index (χ0n) is 14.4. The number of amides is 1. The van der Waals surface area contributed by atoms with Crippen LogP contribution in [0.3, 0.4) is 0 Å². The monoisotopic (exact) mass is 335 g/mol. The number of likely N-dealkylation sites (tertiary alicyclic amines) is 1. The number of hydrogen-bond acceptors (Lipinski definition) is 5. The molecule has 0 unspecified atom stereocenters. The Morgan fingerprint density at radius 1 is 1.42 bits per heavy atom. The Labute approximate surface area is 142 Å². The van der Waals surface area contributed by atoms with Crippen molar-refractivity contribution in [3.63, 3.8) is 0 Å². The van der Waals surface area contributed by atoms with Crippen LogP contribution in [0, 0.1) is 16.0 Å². The van der Waals surface area contributed by atoms with E-state index in [1.807, 2.05) is 13.8 Å². The molecule has 7 nitrogen and oxygen atoms in total. The van der Waals surface area contributed by atoms with Crippen molar-refractivity contribution >= 4 is 11.6 Å². The quantitative estimate of drug-likeness (QED) is 0.637. The first-order valence-electron chi connectivity index (χ1n) is 8.28. The van der Waals surface area contributed by atoms with Crippen molar-refractivity contribution in [3.8, 4) is 5.75 Å². The Balaban J connectivity index is 2.09. The minimum Gasteiger partial charge on any atom is -0.491 e. The van der Waals surface area contributed by atoms with Gasteiger partial charge in [0.05, 0.1) is 11.0 Å². The Hall–Kier alpha value is -2.15. The van der Waals surface area contributed by atoms with E-state index < -0.39 is 0 Å². The fourth-order valence-electron chi connectivity index (χ4n) is 2.97. The van der Waals surface area contributed by atoms with Crippen molar-refractivity contribution in [1.29, 1.82) is 0 Å². The fourth-order valence-corrected chi connectivity index (χ4v) is 2.97. The minimum atomic E-state index is -0.388. The van der Waals surface area contributed by atoms with Crippen LogP contribution in [0.25, 0.3) is 0 Å². The molecular formula is C17H25N3O4. The molecule has 1 aromatic carbocycles. The van der Waals surface area contributed by atoms with Gasteiger partial charge in [-0.05, 0) is 45.8 Å². The standard InChI is InChI=1S/C17H25N3O4/c1-12(2)24-16-5-4-15(20(22)23)10-14(16)11-19-8-6-13(7-9-19)17(21)18-3/h4-5,10,12-13H,6-9,11H2,1-3H3,(H,18,21). The topological polar surface area (TPSA) is 84.7 Å². The van der Waals surface area contributed by atoms with Crippen LogP contribution in [-0.4, -0.2) is 42.0 Å². The van der Waals surface area contributed by atoms with Gasteiger partial charge < -0.3 is 10.1 Å². The van der Waals surface area contributed by atoms with Crippen molar-refractivity contribution in [3.05, 3.63) is 33.9 Å². The van der Waals surface area contributed by atoms with Gasteiger partial charge in [-0.3, -0.25) is 19.8 Å². The van der Waals surface area contributed by atoms with Crippen molar-refractivity contribution in [2.45, 2.75) is 39.3 Å². The Morgan fingerprint density at radius 2 is 2.08 bits per heavy atom. The highest BCUT2D eigenvalue weighted by Gasteiger charge is 2.25. The molecular weight excluding hydrogens is 310 g/mol. The molecule has 1 saturated heterocycles. The Bertz CT molecular complexity index is 595. The average molecular weight is 335 g/mol. The maximum Gasteiger partial charge on any atom is 0.270 e. The highest BCUT2D eigenvalue weighted by atomic mass is 16.6. The summed E-state index contributed by atoms with van der Waals surface area (Å²) in [5, 5.41) is 13.7. The van der Waals surface area contributed by atoms with E-state index in [0.717, 1.165) is 31.5 Å². The molecule has 1 aromatic rings. The molecule has 0 spiro atoms. The third-order valence-corrected chi connectivity index (χ3v) is 4.22. The second-order valence-corrected chi connectivity index (χ2v) is 6.38. The normalized spacial score (nSPS) is 16.2. The van der Waals surface area contributed by atoms with E-state index in [4.69, 9.17) is 4.74 Å². The lowest BCUT2D eigenvalue weighted by Crippen LogP contribution is -2.39. The lowest BCUT2D eigenvalue weighted by atomic mass is 9.95. The number of piperidine rings is 1. The largest absolute Gasteiger partial charge is 0.491 e. The molecule has 1 aliphatic heterocycles. The van der Waals surface area contributed by atoms with Crippen LogP contribution < -0.4 is 10.1 Å². The Kier molecular flexibility index (Phi) is 6.14. The van der Waals surface area contributed by atoms with Gasteiger partial charge in [-0.25, -0.2) is 0 Å². The van der Waals surface area contributed by atoms with Gasteiger partial charge in [0.1, 0.15) is 5.75 Å². The van der Waals surface area contributed by atoms with Crippen molar-refractivity contribution in [2.24, 2.45) is 5.92 Å². The van der Waals surface area contributed by atoms with Crippen LogP contribution >= 0.6 is 0 Å². The predicted molar refractivity (Wildman–Crippen MR) is 90.9 cm³/mol. The molecule has 7 heteroatoms. The predicted octanol–water partition coefficient (Wildman–Crippen LogP) is 2.34. The summed E-state index contributed by atoms with van der Waals surface area (Å²) in [7, 11) is 1.66. The fraction of sp³-hybridized carbons (Fsp3) is 0.588. The lowest BCUT2D eigenvalue weighted by molar-refractivity contribution is -0.385. The molecule has 132 valence electrons. The van der Waals surface area contributed by atoms with Gasteiger partial charge in [0.2, 0.25) is 5.91 Å². The van der Waals surface area contributed by atoms with Crippen LogP contribution in [0.1, 0.15) is 32.3 Å². The number of benzene rings is 1. The van der Waals surface area contributed by atoms with E-state index in [9.17, 15) is 14.9 Å². The van der Waals surface area contributed by atoms with Crippen molar-refractivity contribution in [1.82, 2.24) is 10.2 Å². The number of nitrogens with zero attached hydrogens (tertiary/aromatic N) is 2. The number of nitro groups is 1. The Morgan fingerprint density at radius 3 is 2.62 bits per heavy atom. The number of rotatable bonds is 6. The van der Waals surface area contributed by atoms with Crippen LogP contribution in [0.5, 0.6) is 5.75 Å². The zero-order chi connectivity index (χ0) is 17.7. The maximum atomic E-state index is 11.7. The maximum absolute atomic E-state index is 11.7. The highest BCUT2D eigenvalue weighted by Crippen LogP contribution is 2.28. The first-order chi connectivity index (χ1) is 11.4. The average Bonchev–Trinajstić information content (AvgIpc) is 2.55. The summed E-state index contributed by atoms with van der Waals surface area (Å²) in [6, 6.07) is 4.73. The molecule has 0 aromatic heterocycles. The van der Waals surface area contributed by atoms with Crippen LogP contribution in [0.4, 0.5) is 5.69 Å². The third-order valence-electron chi connectivity index (χ3n) is 4.22. The van der Waals surface area contributed by atoms with Gasteiger partial charge in [0.15, 0.2) is 0 Å².